The molecule has 0 aliphatic carbocycles. The standard InChI is InChI=1S/C51H37NS/c1-33-13-9-10-18-41(33)46-29-37(21-25-42(46)34(2)35-14-5-3-6-15-35)38-23-28-49-47(30-38)43-19-11-12-20-48(43)52(49)40-24-27-45-44-26-22-39(36-16-7-4-8-17-36)31-50(44)53-51(45)32-40/h3-32,34H,1-2H3/t34-/m0/s1. The van der Waals surface area contributed by atoms with E-state index in [0.29, 0.717) is 0 Å². The topological polar surface area (TPSA) is 4.93 Å². The molecule has 0 unspecified atom stereocenters. The first kappa shape index (κ1) is 31.5. The summed E-state index contributed by atoms with van der Waals surface area (Å²) in [5, 5.41) is 5.16. The molecule has 0 aliphatic rings. The molecule has 0 radical (unpaired) electrons. The van der Waals surface area contributed by atoms with E-state index in [-0.39, 0.29) is 5.92 Å². The summed E-state index contributed by atoms with van der Waals surface area (Å²) in [6, 6.07) is 67.1. The van der Waals surface area contributed by atoms with Crippen molar-refractivity contribution in [1.29, 1.82) is 0 Å². The van der Waals surface area contributed by atoms with Crippen LogP contribution >= 0.6 is 11.3 Å². The molecular weight excluding hydrogens is 659 g/mol. The predicted octanol–water partition coefficient (Wildman–Crippen LogP) is 14.6. The van der Waals surface area contributed by atoms with Crippen molar-refractivity contribution in [2.75, 3.05) is 0 Å². The molecule has 2 aromatic heterocycles. The molecule has 2 heterocycles. The Balaban J connectivity index is 1.10. The maximum atomic E-state index is 2.44. The molecule has 8 aromatic carbocycles. The van der Waals surface area contributed by atoms with Crippen LogP contribution in [0, 0.1) is 6.92 Å². The van der Waals surface area contributed by atoms with Gasteiger partial charge in [-0.3, -0.25) is 0 Å². The first-order chi connectivity index (χ1) is 26.1. The van der Waals surface area contributed by atoms with Gasteiger partial charge in [0.25, 0.3) is 0 Å². The number of benzene rings is 8. The van der Waals surface area contributed by atoms with Crippen LogP contribution < -0.4 is 0 Å². The third kappa shape index (κ3) is 5.37. The largest absolute Gasteiger partial charge is 0.309 e. The van der Waals surface area contributed by atoms with Crippen molar-refractivity contribution in [3.05, 3.63) is 199 Å². The SMILES string of the molecule is Cc1ccccc1-c1cc(-c2ccc3c(c2)c2ccccc2n3-c2ccc3c(c2)sc2cc(-c4ccccc4)ccc23)ccc1[C@@H](C)c1ccccc1. The number of para-hydroxylation sites is 1. The third-order valence-corrected chi connectivity index (χ3v) is 12.2. The zero-order valence-electron chi connectivity index (χ0n) is 29.8. The lowest BCUT2D eigenvalue weighted by Crippen LogP contribution is -2.00. The number of rotatable bonds is 6. The van der Waals surface area contributed by atoms with Crippen molar-refractivity contribution in [2.45, 2.75) is 19.8 Å². The first-order valence-corrected chi connectivity index (χ1v) is 19.2. The molecule has 0 saturated heterocycles. The van der Waals surface area contributed by atoms with Gasteiger partial charge < -0.3 is 4.57 Å². The second kappa shape index (κ2) is 12.8. The van der Waals surface area contributed by atoms with E-state index in [1.165, 1.54) is 97.7 Å². The van der Waals surface area contributed by atoms with Crippen LogP contribution in [0.2, 0.25) is 0 Å². The minimum absolute atomic E-state index is 0.268. The molecule has 10 rings (SSSR count). The van der Waals surface area contributed by atoms with Crippen molar-refractivity contribution in [3.8, 4) is 39.1 Å². The Bertz CT molecular complexity index is 2970. The van der Waals surface area contributed by atoms with Gasteiger partial charge in [-0.2, -0.15) is 0 Å². The zero-order valence-corrected chi connectivity index (χ0v) is 30.6. The van der Waals surface area contributed by atoms with E-state index < -0.39 is 0 Å². The highest BCUT2D eigenvalue weighted by Crippen LogP contribution is 2.42. The lowest BCUT2D eigenvalue weighted by Gasteiger charge is -2.20. The molecule has 252 valence electrons. The van der Waals surface area contributed by atoms with Gasteiger partial charge in [-0.15, -0.1) is 11.3 Å². The Hall–Kier alpha value is -6.22. The van der Waals surface area contributed by atoms with Gasteiger partial charge in [0.1, 0.15) is 0 Å². The van der Waals surface area contributed by atoms with Crippen LogP contribution in [0.1, 0.15) is 29.5 Å². The Morgan fingerprint density at radius 1 is 0.434 bits per heavy atom. The lowest BCUT2D eigenvalue weighted by atomic mass is 9.84. The monoisotopic (exact) mass is 695 g/mol. The van der Waals surface area contributed by atoms with Crippen LogP contribution in [0.4, 0.5) is 0 Å². The number of thiophene rings is 1. The van der Waals surface area contributed by atoms with Gasteiger partial charge in [0.2, 0.25) is 0 Å². The summed E-state index contributed by atoms with van der Waals surface area (Å²) >= 11 is 1.88. The minimum atomic E-state index is 0.268. The van der Waals surface area contributed by atoms with E-state index in [0.717, 1.165) is 0 Å². The van der Waals surface area contributed by atoms with E-state index in [1.54, 1.807) is 0 Å². The number of aromatic nitrogens is 1. The van der Waals surface area contributed by atoms with E-state index in [9.17, 15) is 0 Å². The van der Waals surface area contributed by atoms with Crippen molar-refractivity contribution in [2.24, 2.45) is 0 Å². The Morgan fingerprint density at radius 2 is 1.06 bits per heavy atom. The summed E-state index contributed by atoms with van der Waals surface area (Å²) in [6.45, 7) is 4.54. The van der Waals surface area contributed by atoms with Gasteiger partial charge in [-0.25, -0.2) is 0 Å². The average Bonchev–Trinajstić information content (AvgIpc) is 3.75. The van der Waals surface area contributed by atoms with Gasteiger partial charge in [0.05, 0.1) is 11.0 Å². The molecule has 1 nitrogen and oxygen atoms in total. The molecule has 1 atom stereocenters. The van der Waals surface area contributed by atoms with Crippen molar-refractivity contribution >= 4 is 53.3 Å². The van der Waals surface area contributed by atoms with Crippen LogP contribution in [0.5, 0.6) is 0 Å². The predicted molar refractivity (Wildman–Crippen MR) is 229 cm³/mol. The van der Waals surface area contributed by atoms with Crippen molar-refractivity contribution < 1.29 is 0 Å². The maximum absolute atomic E-state index is 2.44. The molecule has 0 fully saturated rings. The Labute approximate surface area is 314 Å². The fourth-order valence-electron chi connectivity index (χ4n) is 8.29. The molecule has 0 saturated carbocycles. The summed E-state index contributed by atoms with van der Waals surface area (Å²) in [5.74, 6) is 0.268. The molecule has 10 aromatic rings. The second-order valence-corrected chi connectivity index (χ2v) is 15.3. The van der Waals surface area contributed by atoms with Crippen LogP contribution in [-0.4, -0.2) is 4.57 Å². The molecular formula is C51H37NS. The quantitative estimate of drug-likeness (QED) is 0.163. The molecule has 0 N–H and O–H groups in total. The number of hydrogen-bond acceptors (Lipinski definition) is 1. The Kier molecular flexibility index (Phi) is 7.59. The molecule has 53 heavy (non-hydrogen) atoms. The number of fused-ring (bicyclic) bond motifs is 6. The Morgan fingerprint density at radius 3 is 1.89 bits per heavy atom. The summed E-state index contributed by atoms with van der Waals surface area (Å²) in [6.07, 6.45) is 0. The van der Waals surface area contributed by atoms with Gasteiger partial charge >= 0.3 is 0 Å². The van der Waals surface area contributed by atoms with Gasteiger partial charge in [-0.05, 0) is 99.5 Å². The van der Waals surface area contributed by atoms with Gasteiger partial charge in [0, 0.05) is 42.6 Å². The van der Waals surface area contributed by atoms with E-state index in [2.05, 4.69) is 200 Å². The van der Waals surface area contributed by atoms with E-state index in [4.69, 9.17) is 0 Å². The molecule has 0 amide bonds. The van der Waals surface area contributed by atoms with Crippen molar-refractivity contribution in [3.63, 3.8) is 0 Å². The highest BCUT2D eigenvalue weighted by Gasteiger charge is 2.19. The lowest BCUT2D eigenvalue weighted by molar-refractivity contribution is 0.925. The van der Waals surface area contributed by atoms with Crippen LogP contribution in [0.3, 0.4) is 0 Å². The molecule has 2 heteroatoms. The summed E-state index contributed by atoms with van der Waals surface area (Å²) in [5.41, 5.74) is 15.1. The number of aryl methyl sites for hydroxylation is 1. The highest BCUT2D eigenvalue weighted by atomic mass is 32.1. The second-order valence-electron chi connectivity index (χ2n) is 14.2. The fourth-order valence-corrected chi connectivity index (χ4v) is 9.47. The average molecular weight is 696 g/mol. The smallest absolute Gasteiger partial charge is 0.0541 e. The van der Waals surface area contributed by atoms with E-state index in [1.807, 2.05) is 11.3 Å². The van der Waals surface area contributed by atoms with Gasteiger partial charge in [-0.1, -0.05) is 146 Å². The van der Waals surface area contributed by atoms with Crippen LogP contribution in [-0.2, 0) is 0 Å². The summed E-state index contributed by atoms with van der Waals surface area (Å²) in [4.78, 5) is 0. The highest BCUT2D eigenvalue weighted by molar-refractivity contribution is 7.25. The molecule has 0 bridgehead atoms. The van der Waals surface area contributed by atoms with Gasteiger partial charge in [0.15, 0.2) is 0 Å². The zero-order chi connectivity index (χ0) is 35.5. The summed E-state index contributed by atoms with van der Waals surface area (Å²) < 4.78 is 5.07. The van der Waals surface area contributed by atoms with Crippen LogP contribution in [0.15, 0.2) is 182 Å². The minimum Gasteiger partial charge on any atom is -0.309 e. The van der Waals surface area contributed by atoms with E-state index >= 15 is 0 Å². The number of hydrogen-bond donors (Lipinski definition) is 0. The van der Waals surface area contributed by atoms with Crippen LogP contribution in [0.25, 0.3) is 81.0 Å². The molecule has 0 aliphatic heterocycles. The fraction of sp³-hybridized carbons (Fsp3) is 0.0588. The summed E-state index contributed by atoms with van der Waals surface area (Å²) in [7, 11) is 0. The third-order valence-electron chi connectivity index (χ3n) is 11.1. The number of nitrogens with zero attached hydrogens (tertiary/aromatic N) is 1. The molecule has 0 spiro atoms. The first-order valence-electron chi connectivity index (χ1n) is 18.4. The maximum Gasteiger partial charge on any atom is 0.0541 e. The normalized spacial score (nSPS) is 12.3. The van der Waals surface area contributed by atoms with Crippen molar-refractivity contribution in [1.82, 2.24) is 4.57 Å².